The van der Waals surface area contributed by atoms with Crippen molar-refractivity contribution >= 4 is 23.1 Å². The number of primary amides is 1. The van der Waals surface area contributed by atoms with E-state index in [0.29, 0.717) is 35.4 Å². The molecule has 9 nitrogen and oxygen atoms in total. The van der Waals surface area contributed by atoms with Crippen molar-refractivity contribution in [1.29, 1.82) is 0 Å². The molecule has 0 radical (unpaired) electrons. The van der Waals surface area contributed by atoms with Crippen LogP contribution >= 0.6 is 0 Å². The second-order valence-corrected chi connectivity index (χ2v) is 12.1. The summed E-state index contributed by atoms with van der Waals surface area (Å²) in [4.78, 5) is 49.4. The molecule has 2 aliphatic rings. The van der Waals surface area contributed by atoms with Gasteiger partial charge in [-0.25, -0.2) is 9.78 Å². The third-order valence-electron chi connectivity index (χ3n) is 9.21. The van der Waals surface area contributed by atoms with Crippen molar-refractivity contribution in [2.24, 2.45) is 12.8 Å². The number of aromatic nitrogens is 5. The van der Waals surface area contributed by atoms with Gasteiger partial charge in [-0.1, -0.05) is 68.9 Å². The molecule has 1 amide bonds. The van der Waals surface area contributed by atoms with Gasteiger partial charge in [0.2, 0.25) is 5.91 Å². The van der Waals surface area contributed by atoms with Crippen LogP contribution in [-0.2, 0) is 18.3 Å². The normalized spacial score (nSPS) is 17.0. The number of hydrogen-bond acceptors (Lipinski definition) is 5. The zero-order valence-corrected chi connectivity index (χ0v) is 24.9. The number of hydrogen-bond donors (Lipinski definition) is 1. The monoisotopic (exact) mass is 580 g/mol. The second kappa shape index (κ2) is 12.5. The zero-order valence-electron chi connectivity index (χ0n) is 24.9. The first-order chi connectivity index (χ1) is 20.9. The minimum absolute atomic E-state index is 0.0632. The summed E-state index contributed by atoms with van der Waals surface area (Å²) in [5.74, 6) is 0.184. The van der Waals surface area contributed by atoms with E-state index in [-0.39, 0.29) is 23.3 Å². The number of nitrogens with zero attached hydrogens (tertiary/aromatic N) is 5. The van der Waals surface area contributed by atoms with Gasteiger partial charge in [0, 0.05) is 42.2 Å². The highest BCUT2D eigenvalue weighted by atomic mass is 16.2. The number of imidazole rings is 1. The number of pyridine rings is 1. The van der Waals surface area contributed by atoms with E-state index < -0.39 is 5.91 Å². The van der Waals surface area contributed by atoms with Crippen LogP contribution in [0.15, 0.2) is 63.8 Å². The van der Waals surface area contributed by atoms with Crippen LogP contribution in [0.5, 0.6) is 0 Å². The number of benzene rings is 1. The van der Waals surface area contributed by atoms with E-state index in [1.54, 1.807) is 6.20 Å². The van der Waals surface area contributed by atoms with Crippen LogP contribution in [0.25, 0.3) is 28.6 Å². The van der Waals surface area contributed by atoms with E-state index in [1.165, 1.54) is 11.0 Å². The van der Waals surface area contributed by atoms with E-state index in [9.17, 15) is 14.4 Å². The molecule has 2 aliphatic carbocycles. The van der Waals surface area contributed by atoms with E-state index >= 15 is 0 Å². The summed E-state index contributed by atoms with van der Waals surface area (Å²) in [7, 11) is 1.89. The number of aryl methyl sites for hydroxylation is 2. The van der Waals surface area contributed by atoms with Crippen LogP contribution in [0.2, 0.25) is 0 Å². The maximum Gasteiger partial charge on any atom is 0.333 e. The lowest BCUT2D eigenvalue weighted by atomic mass is 9.94. The molecule has 6 rings (SSSR count). The van der Waals surface area contributed by atoms with Crippen LogP contribution < -0.4 is 17.0 Å². The molecule has 4 aromatic rings. The molecule has 224 valence electrons. The Morgan fingerprint density at radius 3 is 2.16 bits per heavy atom. The molecular formula is C34H40N6O3. The van der Waals surface area contributed by atoms with Gasteiger partial charge in [0.25, 0.3) is 5.56 Å². The molecule has 2 N–H and O–H groups in total. The van der Waals surface area contributed by atoms with E-state index in [1.807, 2.05) is 64.7 Å². The molecule has 2 fully saturated rings. The fraction of sp³-hybridized carbons (Fsp3) is 0.441. The van der Waals surface area contributed by atoms with Crippen LogP contribution in [0.4, 0.5) is 0 Å². The summed E-state index contributed by atoms with van der Waals surface area (Å²) in [6.45, 7) is 0. The van der Waals surface area contributed by atoms with Crippen LogP contribution in [0.1, 0.15) is 94.0 Å². The van der Waals surface area contributed by atoms with Gasteiger partial charge >= 0.3 is 5.69 Å². The van der Waals surface area contributed by atoms with Gasteiger partial charge in [0.1, 0.15) is 5.82 Å². The van der Waals surface area contributed by atoms with Crippen molar-refractivity contribution in [2.45, 2.75) is 89.1 Å². The molecule has 0 aliphatic heterocycles. The lowest BCUT2D eigenvalue weighted by Gasteiger charge is -2.28. The highest BCUT2D eigenvalue weighted by Crippen LogP contribution is 2.32. The molecule has 9 heteroatoms. The van der Waals surface area contributed by atoms with Crippen molar-refractivity contribution in [1.82, 2.24) is 23.7 Å². The quantitative estimate of drug-likeness (QED) is 0.277. The average Bonchev–Trinajstić information content (AvgIpc) is 3.38. The van der Waals surface area contributed by atoms with Crippen molar-refractivity contribution in [3.8, 4) is 11.4 Å². The molecule has 0 unspecified atom stereocenters. The molecule has 0 bridgehead atoms. The fourth-order valence-electron chi connectivity index (χ4n) is 6.91. The van der Waals surface area contributed by atoms with Gasteiger partial charge in [-0.3, -0.25) is 23.7 Å². The highest BCUT2D eigenvalue weighted by Gasteiger charge is 2.29. The Balaban J connectivity index is 1.38. The van der Waals surface area contributed by atoms with Gasteiger partial charge in [0.05, 0.1) is 0 Å². The van der Waals surface area contributed by atoms with Crippen molar-refractivity contribution in [3.05, 3.63) is 86.3 Å². The third kappa shape index (κ3) is 5.85. The number of carbonyl (C=O) groups excluding carboxylic acids is 1. The first kappa shape index (κ1) is 28.8. The summed E-state index contributed by atoms with van der Waals surface area (Å²) in [6.07, 6.45) is 14.8. The van der Waals surface area contributed by atoms with Gasteiger partial charge < -0.3 is 10.3 Å². The summed E-state index contributed by atoms with van der Waals surface area (Å²) in [6, 6.07) is 13.4. The Kier molecular flexibility index (Phi) is 8.40. The maximum absolute atomic E-state index is 14.1. The van der Waals surface area contributed by atoms with E-state index in [0.717, 1.165) is 74.6 Å². The number of fused-ring (bicyclic) bond motifs is 1. The lowest BCUT2D eigenvalue weighted by Crippen LogP contribution is -2.44. The van der Waals surface area contributed by atoms with Crippen molar-refractivity contribution < 1.29 is 4.79 Å². The van der Waals surface area contributed by atoms with E-state index in [2.05, 4.69) is 4.98 Å². The summed E-state index contributed by atoms with van der Waals surface area (Å²) in [5, 5.41) is 0. The Labute approximate surface area is 251 Å². The summed E-state index contributed by atoms with van der Waals surface area (Å²) >= 11 is 0. The molecule has 0 spiro atoms. The average molecular weight is 581 g/mol. The number of nitrogens with two attached hydrogens (primary N) is 1. The minimum atomic E-state index is -0.453. The third-order valence-corrected chi connectivity index (χ3v) is 9.21. The van der Waals surface area contributed by atoms with Gasteiger partial charge in [-0.15, -0.1) is 0 Å². The van der Waals surface area contributed by atoms with Crippen LogP contribution in [-0.4, -0.2) is 29.6 Å². The maximum atomic E-state index is 14.1. The molecule has 0 saturated heterocycles. The summed E-state index contributed by atoms with van der Waals surface area (Å²) < 4.78 is 5.32. The second-order valence-electron chi connectivity index (χ2n) is 12.1. The molecular weight excluding hydrogens is 540 g/mol. The van der Waals surface area contributed by atoms with Crippen molar-refractivity contribution in [3.63, 3.8) is 0 Å². The van der Waals surface area contributed by atoms with Gasteiger partial charge in [-0.05, 0) is 62.3 Å². The van der Waals surface area contributed by atoms with Crippen LogP contribution in [0, 0.1) is 0 Å². The predicted octanol–water partition coefficient (Wildman–Crippen LogP) is 5.47. The van der Waals surface area contributed by atoms with Crippen LogP contribution in [0.3, 0.4) is 0 Å². The molecule has 2 saturated carbocycles. The molecule has 0 atom stereocenters. The molecule has 1 aromatic carbocycles. The first-order valence-electron chi connectivity index (χ1n) is 15.7. The first-order valence-corrected chi connectivity index (χ1v) is 15.7. The number of rotatable bonds is 8. The van der Waals surface area contributed by atoms with Crippen molar-refractivity contribution in [2.75, 3.05) is 0 Å². The summed E-state index contributed by atoms with van der Waals surface area (Å²) in [5.41, 5.74) is 9.32. The highest BCUT2D eigenvalue weighted by molar-refractivity contribution is 5.96. The topological polar surface area (TPSA) is 118 Å². The molecule has 3 heterocycles. The Morgan fingerprint density at radius 2 is 1.56 bits per heavy atom. The standard InChI is InChI=1S/C34H40N6O3/c1-38-31(24-17-15-23(16-18-24)22-25(30(35)41)19-20-26-10-8-9-21-36-26)37-29-32(38)39(27-11-4-2-5-12-27)34(43)40(33(29)42)28-13-6-3-7-14-28/h8-10,15-18,21-22,27-28H,2-7,11-14,19-20H2,1H3,(H2,35,41)/b25-22+. The number of amides is 1. The number of carbonyl (C=O) groups is 1. The predicted molar refractivity (Wildman–Crippen MR) is 169 cm³/mol. The minimum Gasteiger partial charge on any atom is -0.366 e. The smallest absolute Gasteiger partial charge is 0.333 e. The molecule has 43 heavy (non-hydrogen) atoms. The van der Waals surface area contributed by atoms with Gasteiger partial charge in [-0.2, -0.15) is 0 Å². The lowest BCUT2D eigenvalue weighted by molar-refractivity contribution is -0.114. The van der Waals surface area contributed by atoms with E-state index in [4.69, 9.17) is 10.7 Å². The largest absolute Gasteiger partial charge is 0.366 e. The SMILES string of the molecule is Cn1c(-c2ccc(/C=C(\CCc3ccccn3)C(N)=O)cc2)nc2c(=O)n(C3CCCCC3)c(=O)n(C3CCCCC3)c21. The molecule has 3 aromatic heterocycles. The Hall–Kier alpha value is -4.27. The zero-order chi connectivity index (χ0) is 29.9. The Bertz CT molecular complexity index is 1750. The fourth-order valence-corrected chi connectivity index (χ4v) is 6.91. The van der Waals surface area contributed by atoms with Gasteiger partial charge in [0.15, 0.2) is 11.2 Å². The Morgan fingerprint density at radius 1 is 0.907 bits per heavy atom.